The van der Waals surface area contributed by atoms with Crippen molar-refractivity contribution < 1.29 is 15.0 Å². The number of carboxylic acids is 1. The Hall–Kier alpha value is -1.36. The molecule has 0 bridgehead atoms. The van der Waals surface area contributed by atoms with Crippen molar-refractivity contribution in [2.45, 2.75) is 25.4 Å². The van der Waals surface area contributed by atoms with Crippen LogP contribution in [0.25, 0.3) is 0 Å². The molecule has 1 atom stereocenters. The van der Waals surface area contributed by atoms with Crippen LogP contribution in [0.3, 0.4) is 0 Å². The van der Waals surface area contributed by atoms with Gasteiger partial charge < -0.3 is 10.2 Å². The number of rotatable bonds is 1. The van der Waals surface area contributed by atoms with Crippen molar-refractivity contribution in [3.05, 3.63) is 17.0 Å². The van der Waals surface area contributed by atoms with Crippen LogP contribution in [-0.4, -0.2) is 32.5 Å². The minimum atomic E-state index is -1.01. The van der Waals surface area contributed by atoms with Crippen LogP contribution in [0.2, 0.25) is 0 Å². The maximum absolute atomic E-state index is 10.7. The summed E-state index contributed by atoms with van der Waals surface area (Å²) in [5.74, 6) is -1.01. The number of nitrogens with one attached hydrogen (secondary N) is 1. The molecule has 5 heteroatoms. The van der Waals surface area contributed by atoms with Gasteiger partial charge in [0.25, 0.3) is 0 Å². The molecule has 1 aromatic heterocycles. The molecule has 0 fully saturated rings. The summed E-state index contributed by atoms with van der Waals surface area (Å²) in [5.41, 5.74) is 1.61. The molecule has 1 aromatic rings. The van der Waals surface area contributed by atoms with Gasteiger partial charge in [-0.1, -0.05) is 0 Å². The zero-order valence-corrected chi connectivity index (χ0v) is 6.95. The number of H-pyrrole nitrogens is 1. The van der Waals surface area contributed by atoms with Crippen molar-refractivity contribution >= 4 is 5.97 Å². The van der Waals surface area contributed by atoms with Crippen LogP contribution in [0.15, 0.2) is 0 Å². The number of aliphatic hydroxyl groups excluding tert-OH is 1. The van der Waals surface area contributed by atoms with Gasteiger partial charge in [0.05, 0.1) is 6.10 Å². The third-order valence-electron chi connectivity index (χ3n) is 2.32. The molecule has 1 aliphatic rings. The van der Waals surface area contributed by atoms with Gasteiger partial charge in [0.15, 0.2) is 5.69 Å². The highest BCUT2D eigenvalue weighted by atomic mass is 16.4. The van der Waals surface area contributed by atoms with Crippen molar-refractivity contribution in [2.24, 2.45) is 0 Å². The average Bonchev–Trinajstić information content (AvgIpc) is 2.46. The predicted octanol–water partition coefficient (Wildman–Crippen LogP) is -0.0425. The number of aromatic nitrogens is 2. The maximum atomic E-state index is 10.7. The van der Waals surface area contributed by atoms with Crippen LogP contribution >= 0.6 is 0 Å². The molecular weight excluding hydrogens is 172 g/mol. The van der Waals surface area contributed by atoms with Gasteiger partial charge in [0.1, 0.15) is 0 Å². The number of carboxylic acid groups (broad SMARTS) is 1. The second-order valence-corrected chi connectivity index (χ2v) is 3.23. The molecule has 5 nitrogen and oxygen atoms in total. The topological polar surface area (TPSA) is 86.2 Å². The molecule has 1 heterocycles. The molecular formula is C8H10N2O3. The summed E-state index contributed by atoms with van der Waals surface area (Å²) in [4.78, 5) is 10.7. The second-order valence-electron chi connectivity index (χ2n) is 3.23. The number of hydrogen-bond acceptors (Lipinski definition) is 3. The fraction of sp³-hybridized carbons (Fsp3) is 0.500. The van der Waals surface area contributed by atoms with Crippen LogP contribution in [0.1, 0.15) is 28.2 Å². The number of aliphatic hydroxyl groups is 1. The van der Waals surface area contributed by atoms with E-state index in [2.05, 4.69) is 10.2 Å². The highest BCUT2D eigenvalue weighted by Crippen LogP contribution is 2.22. The fourth-order valence-electron chi connectivity index (χ4n) is 1.66. The number of nitrogens with zero attached hydrogens (tertiary/aromatic N) is 1. The molecule has 3 N–H and O–H groups in total. The summed E-state index contributed by atoms with van der Waals surface area (Å²) in [6.45, 7) is 0. The molecule has 0 saturated heterocycles. The summed E-state index contributed by atoms with van der Waals surface area (Å²) in [7, 11) is 0. The smallest absolute Gasteiger partial charge is 0.356 e. The minimum absolute atomic E-state index is 0.0990. The SMILES string of the molecule is O=C(O)c1n[nH]c2c1CCC(O)C2. The summed E-state index contributed by atoms with van der Waals surface area (Å²) >= 11 is 0. The summed E-state index contributed by atoms with van der Waals surface area (Å²) in [6.07, 6.45) is 1.33. The van der Waals surface area contributed by atoms with E-state index in [9.17, 15) is 9.90 Å². The van der Waals surface area contributed by atoms with Gasteiger partial charge >= 0.3 is 5.97 Å². The lowest BCUT2D eigenvalue weighted by atomic mass is 9.94. The van der Waals surface area contributed by atoms with Crippen LogP contribution in [0.4, 0.5) is 0 Å². The van der Waals surface area contributed by atoms with Crippen molar-refractivity contribution in [1.29, 1.82) is 0 Å². The third kappa shape index (κ3) is 1.31. The molecule has 0 saturated carbocycles. The summed E-state index contributed by atoms with van der Waals surface area (Å²) < 4.78 is 0. The average molecular weight is 182 g/mol. The molecule has 0 radical (unpaired) electrons. The highest BCUT2D eigenvalue weighted by molar-refractivity contribution is 5.87. The third-order valence-corrected chi connectivity index (χ3v) is 2.32. The van der Waals surface area contributed by atoms with E-state index >= 15 is 0 Å². The molecule has 0 spiro atoms. The fourth-order valence-corrected chi connectivity index (χ4v) is 1.66. The standard InChI is InChI=1S/C8H10N2O3/c11-4-1-2-5-6(3-4)9-10-7(5)8(12)13/h4,11H,1-3H2,(H,9,10)(H,12,13). The Morgan fingerprint density at radius 3 is 3.08 bits per heavy atom. The van der Waals surface area contributed by atoms with Gasteiger partial charge in [-0.2, -0.15) is 5.10 Å². The zero-order valence-electron chi connectivity index (χ0n) is 6.95. The molecule has 70 valence electrons. The van der Waals surface area contributed by atoms with Crippen molar-refractivity contribution in [3.8, 4) is 0 Å². The van der Waals surface area contributed by atoms with E-state index in [1.54, 1.807) is 0 Å². The Morgan fingerprint density at radius 2 is 2.38 bits per heavy atom. The molecule has 0 aromatic carbocycles. The molecule has 13 heavy (non-hydrogen) atoms. The Balaban J connectivity index is 2.39. The Kier molecular flexibility index (Phi) is 1.81. The van der Waals surface area contributed by atoms with Crippen molar-refractivity contribution in [3.63, 3.8) is 0 Å². The van der Waals surface area contributed by atoms with Crippen LogP contribution in [0.5, 0.6) is 0 Å². The van der Waals surface area contributed by atoms with Gasteiger partial charge in [0, 0.05) is 17.7 Å². The second kappa shape index (κ2) is 2.85. The largest absolute Gasteiger partial charge is 0.476 e. The Morgan fingerprint density at radius 1 is 1.62 bits per heavy atom. The number of carbonyl (C=O) groups is 1. The van der Waals surface area contributed by atoms with E-state index < -0.39 is 5.97 Å². The first-order chi connectivity index (χ1) is 6.18. The first-order valence-corrected chi connectivity index (χ1v) is 4.16. The lowest BCUT2D eigenvalue weighted by Crippen LogP contribution is -2.19. The Bertz CT molecular complexity index is 345. The first kappa shape index (κ1) is 8.25. The van der Waals surface area contributed by atoms with E-state index in [4.69, 9.17) is 5.11 Å². The molecule has 2 rings (SSSR count). The Labute approximate surface area is 74.4 Å². The monoisotopic (exact) mass is 182 g/mol. The van der Waals surface area contributed by atoms with Crippen LogP contribution in [0, 0.1) is 0 Å². The number of hydrogen-bond donors (Lipinski definition) is 3. The summed E-state index contributed by atoms with van der Waals surface area (Å²) in [5, 5.41) is 24.4. The van der Waals surface area contributed by atoms with E-state index in [0.29, 0.717) is 19.3 Å². The first-order valence-electron chi connectivity index (χ1n) is 4.16. The summed E-state index contributed by atoms with van der Waals surface area (Å²) in [6, 6.07) is 0. The van der Waals surface area contributed by atoms with Gasteiger partial charge in [-0.15, -0.1) is 0 Å². The molecule has 1 unspecified atom stereocenters. The van der Waals surface area contributed by atoms with E-state index in [1.807, 2.05) is 0 Å². The van der Waals surface area contributed by atoms with E-state index in [-0.39, 0.29) is 11.8 Å². The lowest BCUT2D eigenvalue weighted by molar-refractivity contribution is 0.0688. The zero-order chi connectivity index (χ0) is 9.42. The van der Waals surface area contributed by atoms with Gasteiger partial charge in [-0.3, -0.25) is 5.10 Å². The van der Waals surface area contributed by atoms with Gasteiger partial charge in [0.2, 0.25) is 0 Å². The van der Waals surface area contributed by atoms with Crippen LogP contribution < -0.4 is 0 Å². The highest BCUT2D eigenvalue weighted by Gasteiger charge is 2.24. The molecule has 0 aliphatic heterocycles. The number of fused-ring (bicyclic) bond motifs is 1. The number of aromatic carboxylic acids is 1. The normalized spacial score (nSPS) is 21.2. The van der Waals surface area contributed by atoms with Crippen LogP contribution in [-0.2, 0) is 12.8 Å². The maximum Gasteiger partial charge on any atom is 0.356 e. The number of aromatic amines is 1. The van der Waals surface area contributed by atoms with E-state index in [1.165, 1.54) is 0 Å². The lowest BCUT2D eigenvalue weighted by Gasteiger charge is -2.16. The minimum Gasteiger partial charge on any atom is -0.476 e. The van der Waals surface area contributed by atoms with E-state index in [0.717, 1.165) is 11.3 Å². The van der Waals surface area contributed by atoms with Gasteiger partial charge in [-0.05, 0) is 12.8 Å². The predicted molar refractivity (Wildman–Crippen MR) is 43.6 cm³/mol. The van der Waals surface area contributed by atoms with Crippen molar-refractivity contribution in [1.82, 2.24) is 10.2 Å². The van der Waals surface area contributed by atoms with Crippen molar-refractivity contribution in [2.75, 3.05) is 0 Å². The molecule has 0 amide bonds. The molecule has 1 aliphatic carbocycles. The quantitative estimate of drug-likeness (QED) is 0.568. The van der Waals surface area contributed by atoms with Gasteiger partial charge in [-0.25, -0.2) is 4.79 Å².